The molecule has 0 aliphatic heterocycles. The van der Waals surface area contributed by atoms with Crippen molar-refractivity contribution in [3.05, 3.63) is 163 Å². The number of hydrogen-bond donors (Lipinski definition) is 2. The fourth-order valence-electron chi connectivity index (χ4n) is 7.34. The molecule has 8 rings (SSSR count). The van der Waals surface area contributed by atoms with Crippen molar-refractivity contribution in [2.75, 3.05) is 24.4 Å². The molecular formula is C47H32Cl4F6N8O6. The zero-order valence-corrected chi connectivity index (χ0v) is 39.4. The van der Waals surface area contributed by atoms with Crippen molar-refractivity contribution in [1.82, 2.24) is 29.1 Å². The lowest BCUT2D eigenvalue weighted by molar-refractivity contribution is -0.144. The van der Waals surface area contributed by atoms with Gasteiger partial charge in [0.1, 0.15) is 22.9 Å². The molecule has 0 fully saturated rings. The fourth-order valence-corrected chi connectivity index (χ4v) is 8.28. The second kappa shape index (κ2) is 21.4. The number of benzene rings is 4. The van der Waals surface area contributed by atoms with E-state index in [0.717, 1.165) is 9.13 Å². The standard InChI is InChI=1S/C24H17Cl2F3N4O3.C23H15Cl2F3N4O3/c1-2-36-15-6-7-18-16(11-15)19(20(34)22(35)32-23-30-8-3-9-31-23)21(24(27,28)29)33(18)12-13-4-5-14(25)10-17(13)26;1-35-14-5-6-17-15(10-14)18(19(33)21(34)31-22-29-7-2-8-30-22)20(23(26,27)28)32(17)11-12-3-4-13(24)9-16(12)25/h3-11H,2,12H2,1H3,(H,30,31,32,35);2-10H,11H2,1H3,(H,29,30,31,34). The van der Waals surface area contributed by atoms with Crippen molar-refractivity contribution >= 4 is 103 Å². The van der Waals surface area contributed by atoms with Crippen molar-refractivity contribution in [3.63, 3.8) is 0 Å². The molecule has 4 heterocycles. The van der Waals surface area contributed by atoms with Gasteiger partial charge in [0, 0.05) is 79.8 Å². The van der Waals surface area contributed by atoms with Crippen molar-refractivity contribution in [3.8, 4) is 11.5 Å². The van der Waals surface area contributed by atoms with Gasteiger partial charge in [-0.25, -0.2) is 19.9 Å². The Morgan fingerprint density at radius 2 is 0.972 bits per heavy atom. The van der Waals surface area contributed by atoms with Crippen LogP contribution in [0.3, 0.4) is 0 Å². The van der Waals surface area contributed by atoms with Gasteiger partial charge in [-0.3, -0.25) is 29.8 Å². The molecule has 71 heavy (non-hydrogen) atoms. The second-order valence-corrected chi connectivity index (χ2v) is 16.5. The highest BCUT2D eigenvalue weighted by Gasteiger charge is 2.44. The van der Waals surface area contributed by atoms with Gasteiger partial charge in [0.15, 0.2) is 0 Å². The molecule has 0 bridgehead atoms. The summed E-state index contributed by atoms with van der Waals surface area (Å²) in [6.07, 6.45) is -4.77. The lowest BCUT2D eigenvalue weighted by atomic mass is 10.0. The molecule has 14 nitrogen and oxygen atoms in total. The number of methoxy groups -OCH3 is 1. The Labute approximate surface area is 417 Å². The van der Waals surface area contributed by atoms with Gasteiger partial charge in [-0.2, -0.15) is 26.3 Å². The Bertz CT molecular complexity index is 3340. The van der Waals surface area contributed by atoms with Gasteiger partial charge in [-0.1, -0.05) is 58.5 Å². The summed E-state index contributed by atoms with van der Waals surface area (Å²) in [5.41, 5.74) is -3.48. The minimum Gasteiger partial charge on any atom is -0.497 e. The van der Waals surface area contributed by atoms with Crippen LogP contribution in [0.1, 0.15) is 50.2 Å². The highest BCUT2D eigenvalue weighted by atomic mass is 35.5. The van der Waals surface area contributed by atoms with E-state index in [9.17, 15) is 45.5 Å². The summed E-state index contributed by atoms with van der Waals surface area (Å²) >= 11 is 24.3. The first-order chi connectivity index (χ1) is 33.7. The lowest BCUT2D eigenvalue weighted by Gasteiger charge is -2.15. The van der Waals surface area contributed by atoms with Gasteiger partial charge < -0.3 is 18.6 Å². The second-order valence-electron chi connectivity index (χ2n) is 14.8. The molecule has 0 saturated carbocycles. The minimum absolute atomic E-state index is 0.0521. The zero-order chi connectivity index (χ0) is 51.4. The normalized spacial score (nSPS) is 11.5. The molecule has 4 aromatic carbocycles. The van der Waals surface area contributed by atoms with E-state index in [0.29, 0.717) is 21.2 Å². The van der Waals surface area contributed by atoms with E-state index in [1.165, 1.54) is 117 Å². The molecule has 366 valence electrons. The van der Waals surface area contributed by atoms with Crippen LogP contribution in [0.2, 0.25) is 20.1 Å². The van der Waals surface area contributed by atoms with Crippen LogP contribution in [-0.2, 0) is 35.0 Å². The predicted molar refractivity (Wildman–Crippen MR) is 253 cm³/mol. The Morgan fingerprint density at radius 3 is 1.34 bits per heavy atom. The van der Waals surface area contributed by atoms with Crippen LogP contribution < -0.4 is 20.1 Å². The van der Waals surface area contributed by atoms with Gasteiger partial charge in [-0.15, -0.1) is 0 Å². The first-order valence-corrected chi connectivity index (χ1v) is 22.0. The van der Waals surface area contributed by atoms with Gasteiger partial charge in [-0.05, 0) is 90.8 Å². The first kappa shape index (κ1) is 51.6. The number of anilines is 2. The summed E-state index contributed by atoms with van der Waals surface area (Å²) in [7, 11) is 1.33. The van der Waals surface area contributed by atoms with E-state index < -0.39 is 58.2 Å². The molecule has 0 unspecified atom stereocenters. The van der Waals surface area contributed by atoms with E-state index in [1.54, 1.807) is 6.92 Å². The monoisotopic (exact) mass is 1060 g/mol. The van der Waals surface area contributed by atoms with E-state index in [-0.39, 0.29) is 74.9 Å². The molecule has 8 aromatic rings. The van der Waals surface area contributed by atoms with Crippen LogP contribution in [0.5, 0.6) is 11.5 Å². The lowest BCUT2D eigenvalue weighted by Crippen LogP contribution is -2.27. The summed E-state index contributed by atoms with van der Waals surface area (Å²) in [5.74, 6) is -5.48. The summed E-state index contributed by atoms with van der Waals surface area (Å²) < 4.78 is 99.2. The van der Waals surface area contributed by atoms with E-state index in [1.807, 2.05) is 0 Å². The van der Waals surface area contributed by atoms with Crippen molar-refractivity contribution in [2.24, 2.45) is 0 Å². The highest BCUT2D eigenvalue weighted by Crippen LogP contribution is 2.43. The number of nitrogens with zero attached hydrogens (tertiary/aromatic N) is 6. The highest BCUT2D eigenvalue weighted by molar-refractivity contribution is 6.49. The Kier molecular flexibility index (Phi) is 15.5. The number of Topliss-reactive ketones (excluding diaryl/α,β-unsaturated/α-hetero) is 2. The third-order valence-electron chi connectivity index (χ3n) is 10.3. The summed E-state index contributed by atoms with van der Waals surface area (Å²) in [4.78, 5) is 66.8. The molecular weight excluding hydrogens is 1030 g/mol. The number of nitrogens with one attached hydrogen (secondary N) is 2. The number of hydrogen-bond acceptors (Lipinski definition) is 10. The van der Waals surface area contributed by atoms with Crippen LogP contribution in [0, 0.1) is 0 Å². The van der Waals surface area contributed by atoms with E-state index in [4.69, 9.17) is 55.9 Å². The number of halogens is 10. The smallest absolute Gasteiger partial charge is 0.432 e. The topological polar surface area (TPSA) is 172 Å². The fraction of sp³-hybridized carbons (Fsp3) is 0.149. The van der Waals surface area contributed by atoms with Crippen molar-refractivity contribution < 1.29 is 55.0 Å². The number of alkyl halides is 6. The number of ketones is 2. The number of fused-ring (bicyclic) bond motifs is 2. The molecule has 0 spiro atoms. The number of rotatable bonds is 13. The average molecular weight is 1060 g/mol. The molecule has 2 amide bonds. The Balaban J connectivity index is 0.000000209. The maximum atomic E-state index is 14.5. The summed E-state index contributed by atoms with van der Waals surface area (Å²) in [6, 6.07) is 20.0. The van der Waals surface area contributed by atoms with Crippen LogP contribution >= 0.6 is 46.4 Å². The molecule has 0 radical (unpaired) electrons. The van der Waals surface area contributed by atoms with Gasteiger partial charge >= 0.3 is 12.4 Å². The number of carbonyl (C=O) groups excluding carboxylic acids is 4. The number of carbonyl (C=O) groups is 4. The Morgan fingerprint density at radius 1 is 0.577 bits per heavy atom. The SMILES string of the molecule is CCOc1ccc2c(c1)c(C(=O)C(=O)Nc1ncccn1)c(C(F)(F)F)n2Cc1ccc(Cl)cc1Cl.COc1ccc2c(c1)c(C(=O)C(=O)Nc1ncccn1)c(C(F)(F)F)n2Cc1ccc(Cl)cc1Cl. The van der Waals surface area contributed by atoms with E-state index in [2.05, 4.69) is 30.6 Å². The van der Waals surface area contributed by atoms with Crippen LogP contribution in [0.15, 0.2) is 110 Å². The Hall–Kier alpha value is -7.26. The van der Waals surface area contributed by atoms with E-state index >= 15 is 0 Å². The average Bonchev–Trinajstić information content (AvgIpc) is 3.83. The van der Waals surface area contributed by atoms with Gasteiger partial charge in [0.2, 0.25) is 11.9 Å². The van der Waals surface area contributed by atoms with Crippen molar-refractivity contribution in [2.45, 2.75) is 32.4 Å². The molecule has 2 N–H and O–H groups in total. The maximum Gasteiger partial charge on any atom is 0.432 e. The van der Waals surface area contributed by atoms with Gasteiger partial charge in [0.05, 0.1) is 24.8 Å². The zero-order valence-electron chi connectivity index (χ0n) is 36.4. The largest absolute Gasteiger partial charge is 0.497 e. The van der Waals surface area contributed by atoms with Gasteiger partial charge in [0.25, 0.3) is 23.4 Å². The molecule has 0 atom stereocenters. The van der Waals surface area contributed by atoms with Crippen molar-refractivity contribution in [1.29, 1.82) is 0 Å². The predicted octanol–water partition coefficient (Wildman–Crippen LogP) is 11.7. The number of amides is 2. The third-order valence-corrected chi connectivity index (χ3v) is 11.5. The van der Waals surface area contributed by atoms with Crippen LogP contribution in [0.25, 0.3) is 21.8 Å². The molecule has 0 aliphatic rings. The first-order valence-electron chi connectivity index (χ1n) is 20.5. The molecule has 24 heteroatoms. The minimum atomic E-state index is -5.00. The van der Waals surface area contributed by atoms with Crippen LogP contribution in [0.4, 0.5) is 38.2 Å². The molecule has 0 saturated heterocycles. The third kappa shape index (κ3) is 11.5. The summed E-state index contributed by atoms with van der Waals surface area (Å²) in [6.45, 7) is 1.27. The molecule has 0 aliphatic carbocycles. The summed E-state index contributed by atoms with van der Waals surface area (Å²) in [5, 5.41) is 4.98. The number of ether oxygens (including phenoxy) is 2. The quantitative estimate of drug-likeness (QED) is 0.0643. The van der Waals surface area contributed by atoms with Crippen LogP contribution in [-0.4, -0.2) is 66.2 Å². The molecule has 4 aromatic heterocycles. The maximum absolute atomic E-state index is 14.5. The number of aromatic nitrogens is 6.